The molecule has 0 bridgehead atoms. The number of aromatic amines is 1. The Hall–Kier alpha value is -3.15. The normalized spacial score (nSPS) is 13.8. The minimum absolute atomic E-state index is 0.0644. The van der Waals surface area contributed by atoms with Crippen molar-refractivity contribution < 1.29 is 9.59 Å². The molecule has 1 aromatic carbocycles. The van der Waals surface area contributed by atoms with Gasteiger partial charge in [-0.2, -0.15) is 5.10 Å². The van der Waals surface area contributed by atoms with E-state index >= 15 is 0 Å². The van der Waals surface area contributed by atoms with Crippen molar-refractivity contribution in [3.8, 4) is 5.82 Å². The van der Waals surface area contributed by atoms with E-state index in [0.717, 1.165) is 24.1 Å². The first kappa shape index (κ1) is 15.4. The zero-order valence-electron chi connectivity index (χ0n) is 13.6. The minimum atomic E-state index is -0.588. The largest absolute Gasteiger partial charge is 0.364 e. The van der Waals surface area contributed by atoms with E-state index in [-0.39, 0.29) is 17.9 Å². The van der Waals surface area contributed by atoms with Gasteiger partial charge in [-0.15, -0.1) is 0 Å². The summed E-state index contributed by atoms with van der Waals surface area (Å²) in [6.45, 7) is 0. The SMILES string of the molecule is NC(=O)c1cc(C(=O)Cc2ccccc2)cn1-c1cc(C2CC2)[nH]n1. The number of hydrogen-bond acceptors (Lipinski definition) is 3. The van der Waals surface area contributed by atoms with E-state index in [1.54, 1.807) is 16.8 Å². The predicted octanol–water partition coefficient (Wildman–Crippen LogP) is 2.60. The quantitative estimate of drug-likeness (QED) is 0.678. The number of amides is 1. The van der Waals surface area contributed by atoms with Crippen LogP contribution < -0.4 is 5.73 Å². The standard InChI is InChI=1S/C19H18N4O2/c20-19(25)16-9-14(17(24)8-12-4-2-1-3-5-12)11-23(16)18-10-15(21-22-18)13-6-7-13/h1-5,9-11,13H,6-8H2,(H2,20,25)(H,21,22). The van der Waals surface area contributed by atoms with Crippen molar-refractivity contribution in [1.29, 1.82) is 0 Å². The molecule has 3 aromatic rings. The maximum atomic E-state index is 12.6. The lowest BCUT2D eigenvalue weighted by atomic mass is 10.1. The van der Waals surface area contributed by atoms with Crippen LogP contribution in [-0.4, -0.2) is 26.5 Å². The number of nitrogens with zero attached hydrogens (tertiary/aromatic N) is 2. The van der Waals surface area contributed by atoms with E-state index < -0.39 is 5.91 Å². The van der Waals surface area contributed by atoms with Crippen molar-refractivity contribution in [2.75, 3.05) is 0 Å². The summed E-state index contributed by atoms with van der Waals surface area (Å²) in [6.07, 6.45) is 4.21. The number of rotatable bonds is 6. The number of nitrogens with one attached hydrogen (secondary N) is 1. The van der Waals surface area contributed by atoms with Crippen LogP contribution in [0, 0.1) is 0 Å². The smallest absolute Gasteiger partial charge is 0.265 e. The summed E-state index contributed by atoms with van der Waals surface area (Å²) in [5.41, 5.74) is 8.17. The number of carbonyl (C=O) groups excluding carboxylic acids is 2. The first-order valence-electron chi connectivity index (χ1n) is 8.27. The van der Waals surface area contributed by atoms with Gasteiger partial charge in [0, 0.05) is 35.9 Å². The fourth-order valence-corrected chi connectivity index (χ4v) is 2.93. The lowest BCUT2D eigenvalue weighted by Crippen LogP contribution is -2.15. The van der Waals surface area contributed by atoms with E-state index in [9.17, 15) is 9.59 Å². The summed E-state index contributed by atoms with van der Waals surface area (Å²) in [7, 11) is 0. The van der Waals surface area contributed by atoms with Gasteiger partial charge < -0.3 is 5.73 Å². The fourth-order valence-electron chi connectivity index (χ4n) is 2.93. The van der Waals surface area contributed by atoms with Gasteiger partial charge in [0.2, 0.25) is 0 Å². The molecule has 1 aliphatic carbocycles. The fraction of sp³-hybridized carbons (Fsp3) is 0.211. The van der Waals surface area contributed by atoms with E-state index in [1.165, 1.54) is 0 Å². The highest BCUT2D eigenvalue weighted by atomic mass is 16.1. The molecular formula is C19H18N4O2. The zero-order valence-corrected chi connectivity index (χ0v) is 13.6. The lowest BCUT2D eigenvalue weighted by Gasteiger charge is -2.01. The third kappa shape index (κ3) is 3.10. The van der Waals surface area contributed by atoms with Crippen LogP contribution in [0.25, 0.3) is 5.82 Å². The summed E-state index contributed by atoms with van der Waals surface area (Å²) in [5.74, 6) is 0.447. The minimum Gasteiger partial charge on any atom is -0.364 e. The van der Waals surface area contributed by atoms with Crippen LogP contribution in [0.3, 0.4) is 0 Å². The number of benzene rings is 1. The maximum absolute atomic E-state index is 12.6. The molecular weight excluding hydrogens is 316 g/mol. The van der Waals surface area contributed by atoms with Gasteiger partial charge in [0.25, 0.3) is 5.91 Å². The molecule has 0 atom stereocenters. The molecule has 25 heavy (non-hydrogen) atoms. The van der Waals surface area contributed by atoms with Crippen LogP contribution in [0.5, 0.6) is 0 Å². The van der Waals surface area contributed by atoms with Gasteiger partial charge in [-0.1, -0.05) is 30.3 Å². The number of Topliss-reactive ketones (excluding diaryl/α,β-unsaturated/α-hetero) is 1. The first-order valence-corrected chi connectivity index (χ1v) is 8.27. The summed E-state index contributed by atoms with van der Waals surface area (Å²) in [6, 6.07) is 13.0. The second-order valence-corrected chi connectivity index (χ2v) is 6.39. The highest BCUT2D eigenvalue weighted by molar-refractivity contribution is 6.01. The molecule has 2 heterocycles. The van der Waals surface area contributed by atoms with Gasteiger partial charge in [0.1, 0.15) is 5.69 Å². The van der Waals surface area contributed by atoms with Crippen LogP contribution in [-0.2, 0) is 6.42 Å². The monoisotopic (exact) mass is 334 g/mol. The highest BCUT2D eigenvalue weighted by Crippen LogP contribution is 2.39. The van der Waals surface area contributed by atoms with Gasteiger partial charge in [-0.25, -0.2) is 0 Å². The van der Waals surface area contributed by atoms with Crippen LogP contribution >= 0.6 is 0 Å². The van der Waals surface area contributed by atoms with Crippen molar-refractivity contribution in [2.24, 2.45) is 5.73 Å². The Morgan fingerprint density at radius 2 is 1.96 bits per heavy atom. The Morgan fingerprint density at radius 1 is 1.20 bits per heavy atom. The van der Waals surface area contributed by atoms with Crippen LogP contribution in [0.4, 0.5) is 0 Å². The highest BCUT2D eigenvalue weighted by Gasteiger charge is 2.26. The van der Waals surface area contributed by atoms with E-state index in [0.29, 0.717) is 17.3 Å². The Balaban J connectivity index is 1.65. The summed E-state index contributed by atoms with van der Waals surface area (Å²) < 4.78 is 1.59. The summed E-state index contributed by atoms with van der Waals surface area (Å²) >= 11 is 0. The van der Waals surface area contributed by atoms with Crippen molar-refractivity contribution in [1.82, 2.24) is 14.8 Å². The molecule has 2 aromatic heterocycles. The van der Waals surface area contributed by atoms with Gasteiger partial charge in [0.05, 0.1) is 0 Å². The van der Waals surface area contributed by atoms with Crippen molar-refractivity contribution in [3.63, 3.8) is 0 Å². The van der Waals surface area contributed by atoms with E-state index in [4.69, 9.17) is 5.73 Å². The average molecular weight is 334 g/mol. The molecule has 1 amide bonds. The first-order chi connectivity index (χ1) is 12.1. The van der Waals surface area contributed by atoms with Gasteiger partial charge in [-0.05, 0) is 24.5 Å². The van der Waals surface area contributed by atoms with Crippen LogP contribution in [0.15, 0.2) is 48.7 Å². The number of aromatic nitrogens is 3. The lowest BCUT2D eigenvalue weighted by molar-refractivity contribution is 0.0988. The third-order valence-electron chi connectivity index (χ3n) is 4.45. The van der Waals surface area contributed by atoms with Gasteiger partial charge in [0.15, 0.2) is 11.6 Å². The molecule has 4 rings (SSSR count). The zero-order chi connectivity index (χ0) is 17.4. The van der Waals surface area contributed by atoms with Gasteiger partial charge in [-0.3, -0.25) is 19.3 Å². The number of carbonyl (C=O) groups is 2. The Morgan fingerprint density at radius 3 is 2.64 bits per heavy atom. The van der Waals surface area contributed by atoms with E-state index in [2.05, 4.69) is 10.2 Å². The number of hydrogen-bond donors (Lipinski definition) is 2. The molecule has 6 nitrogen and oxygen atoms in total. The molecule has 1 fully saturated rings. The number of H-pyrrole nitrogens is 1. The van der Waals surface area contributed by atoms with Crippen LogP contribution in [0.1, 0.15) is 50.9 Å². The molecule has 3 N–H and O–H groups in total. The van der Waals surface area contributed by atoms with Crippen LogP contribution in [0.2, 0.25) is 0 Å². The second kappa shape index (κ2) is 6.05. The van der Waals surface area contributed by atoms with Crippen molar-refractivity contribution in [3.05, 3.63) is 71.2 Å². The Kier molecular flexibility index (Phi) is 3.72. The van der Waals surface area contributed by atoms with Crippen molar-refractivity contribution in [2.45, 2.75) is 25.2 Å². The molecule has 0 aliphatic heterocycles. The molecule has 0 unspecified atom stereocenters. The summed E-state index contributed by atoms with van der Waals surface area (Å²) in [4.78, 5) is 24.4. The molecule has 126 valence electrons. The topological polar surface area (TPSA) is 93.8 Å². The Bertz CT molecular complexity index is 936. The maximum Gasteiger partial charge on any atom is 0.265 e. The molecule has 0 saturated heterocycles. The number of ketones is 1. The summed E-state index contributed by atoms with van der Waals surface area (Å²) in [5, 5.41) is 7.27. The predicted molar refractivity (Wildman–Crippen MR) is 92.9 cm³/mol. The average Bonchev–Trinajstić information content (AvgIpc) is 3.17. The molecule has 1 aliphatic rings. The van der Waals surface area contributed by atoms with Gasteiger partial charge >= 0.3 is 0 Å². The third-order valence-corrected chi connectivity index (χ3v) is 4.45. The number of primary amides is 1. The number of nitrogens with two attached hydrogens (primary N) is 1. The second-order valence-electron chi connectivity index (χ2n) is 6.39. The molecule has 0 spiro atoms. The Labute approximate surface area is 144 Å². The van der Waals surface area contributed by atoms with Crippen molar-refractivity contribution >= 4 is 11.7 Å². The molecule has 1 saturated carbocycles. The van der Waals surface area contributed by atoms with E-state index in [1.807, 2.05) is 36.4 Å². The molecule has 6 heteroatoms. The molecule has 0 radical (unpaired) electrons.